The Kier molecular flexibility index (Phi) is 6.52. The maximum Gasteiger partial charge on any atom is 0.222 e. The lowest BCUT2D eigenvalue weighted by molar-refractivity contribution is -0.132. The smallest absolute Gasteiger partial charge is 0.222 e. The van der Waals surface area contributed by atoms with E-state index in [0.29, 0.717) is 24.5 Å². The van der Waals surface area contributed by atoms with Gasteiger partial charge in [0, 0.05) is 36.1 Å². The average molecular weight is 402 g/mol. The highest BCUT2D eigenvalue weighted by molar-refractivity contribution is 9.10. The first-order valence-corrected chi connectivity index (χ1v) is 9.09. The maximum atomic E-state index is 12.5. The molecule has 1 aromatic rings. The van der Waals surface area contributed by atoms with Gasteiger partial charge in [-0.2, -0.15) is 0 Å². The molecule has 2 heterocycles. The number of benzene rings is 1. The van der Waals surface area contributed by atoms with Crippen LogP contribution in [0, 0.1) is 6.92 Å². The fourth-order valence-corrected chi connectivity index (χ4v) is 4.08. The Balaban J connectivity index is 0.00000192. The maximum absolute atomic E-state index is 12.5. The molecular formula is C18H26BrClN2O. The van der Waals surface area contributed by atoms with Crippen molar-refractivity contribution >= 4 is 34.2 Å². The van der Waals surface area contributed by atoms with Gasteiger partial charge in [0.1, 0.15) is 0 Å². The second-order valence-electron chi connectivity index (χ2n) is 6.85. The van der Waals surface area contributed by atoms with Crippen LogP contribution in [0.15, 0.2) is 22.7 Å². The number of halogens is 2. The molecule has 2 saturated heterocycles. The van der Waals surface area contributed by atoms with Gasteiger partial charge in [-0.3, -0.25) is 4.79 Å². The molecule has 2 aliphatic heterocycles. The molecule has 2 atom stereocenters. The van der Waals surface area contributed by atoms with Crippen LogP contribution in [-0.4, -0.2) is 36.0 Å². The van der Waals surface area contributed by atoms with E-state index >= 15 is 0 Å². The molecule has 128 valence electrons. The van der Waals surface area contributed by atoms with E-state index in [9.17, 15) is 4.79 Å². The van der Waals surface area contributed by atoms with Crippen LogP contribution in [0.25, 0.3) is 0 Å². The topological polar surface area (TPSA) is 32.3 Å². The molecule has 0 spiro atoms. The Bertz CT molecular complexity index is 554. The van der Waals surface area contributed by atoms with E-state index in [1.807, 2.05) is 11.9 Å². The van der Waals surface area contributed by atoms with Gasteiger partial charge in [-0.1, -0.05) is 28.1 Å². The van der Waals surface area contributed by atoms with E-state index in [0.717, 1.165) is 23.7 Å². The van der Waals surface area contributed by atoms with Gasteiger partial charge in [0.25, 0.3) is 0 Å². The molecule has 3 rings (SSSR count). The van der Waals surface area contributed by atoms with Crippen molar-refractivity contribution in [1.82, 2.24) is 10.2 Å². The molecule has 0 aromatic heterocycles. The van der Waals surface area contributed by atoms with E-state index in [1.165, 1.54) is 24.0 Å². The minimum atomic E-state index is 0. The summed E-state index contributed by atoms with van der Waals surface area (Å²) in [6.45, 7) is 2.09. The number of amides is 1. The van der Waals surface area contributed by atoms with Crippen molar-refractivity contribution in [3.8, 4) is 0 Å². The summed E-state index contributed by atoms with van der Waals surface area (Å²) in [6.07, 6.45) is 6.24. The van der Waals surface area contributed by atoms with Gasteiger partial charge in [0.05, 0.1) is 0 Å². The van der Waals surface area contributed by atoms with Crippen LogP contribution >= 0.6 is 28.3 Å². The minimum Gasteiger partial charge on any atom is -0.343 e. The predicted octanol–water partition coefficient (Wildman–Crippen LogP) is 3.85. The number of aryl methyl sites for hydroxylation is 2. The number of hydrogen-bond donors (Lipinski definition) is 1. The first-order valence-electron chi connectivity index (χ1n) is 8.29. The van der Waals surface area contributed by atoms with Crippen LogP contribution in [0.4, 0.5) is 0 Å². The molecule has 1 N–H and O–H groups in total. The summed E-state index contributed by atoms with van der Waals surface area (Å²) >= 11 is 3.52. The second-order valence-corrected chi connectivity index (χ2v) is 7.71. The number of hydrogen-bond acceptors (Lipinski definition) is 2. The van der Waals surface area contributed by atoms with Crippen LogP contribution in [0.1, 0.15) is 43.2 Å². The number of nitrogens with one attached hydrogen (secondary N) is 1. The summed E-state index contributed by atoms with van der Waals surface area (Å²) in [5.41, 5.74) is 2.47. The summed E-state index contributed by atoms with van der Waals surface area (Å²) in [4.78, 5) is 14.5. The van der Waals surface area contributed by atoms with E-state index in [1.54, 1.807) is 0 Å². The van der Waals surface area contributed by atoms with Crippen molar-refractivity contribution < 1.29 is 4.79 Å². The lowest BCUT2D eigenvalue weighted by Crippen LogP contribution is -2.48. The zero-order valence-corrected chi connectivity index (χ0v) is 16.3. The normalized spacial score (nSPS) is 25.8. The Morgan fingerprint density at radius 3 is 2.57 bits per heavy atom. The highest BCUT2D eigenvalue weighted by atomic mass is 79.9. The van der Waals surface area contributed by atoms with Gasteiger partial charge >= 0.3 is 0 Å². The fraction of sp³-hybridized carbons (Fsp3) is 0.611. The fourth-order valence-electron chi connectivity index (χ4n) is 3.84. The number of nitrogens with zero attached hydrogens (tertiary/aromatic N) is 1. The van der Waals surface area contributed by atoms with E-state index < -0.39 is 0 Å². The molecule has 1 amide bonds. The number of carbonyl (C=O) groups excluding carboxylic acids is 1. The molecule has 2 bridgehead atoms. The van der Waals surface area contributed by atoms with Gasteiger partial charge in [0.2, 0.25) is 5.91 Å². The van der Waals surface area contributed by atoms with Gasteiger partial charge in [-0.05, 0) is 56.2 Å². The van der Waals surface area contributed by atoms with Gasteiger partial charge in [-0.15, -0.1) is 12.4 Å². The largest absolute Gasteiger partial charge is 0.343 e. The third kappa shape index (κ3) is 4.49. The SMILES string of the molecule is Cc1cc(CCC(=O)N(C)C2CC3CCC(C2)N3)ccc1Br.Cl. The van der Waals surface area contributed by atoms with Crippen LogP contribution in [0.2, 0.25) is 0 Å². The highest BCUT2D eigenvalue weighted by Gasteiger charge is 2.36. The van der Waals surface area contributed by atoms with Crippen molar-refractivity contribution in [1.29, 1.82) is 0 Å². The average Bonchev–Trinajstić information content (AvgIpc) is 2.85. The van der Waals surface area contributed by atoms with Crippen LogP contribution in [-0.2, 0) is 11.2 Å². The number of piperidine rings is 1. The summed E-state index contributed by atoms with van der Waals surface area (Å²) in [5, 5.41) is 3.64. The molecule has 0 radical (unpaired) electrons. The Morgan fingerprint density at radius 1 is 1.30 bits per heavy atom. The van der Waals surface area contributed by atoms with Crippen molar-refractivity contribution in [3.63, 3.8) is 0 Å². The second kappa shape index (κ2) is 8.00. The van der Waals surface area contributed by atoms with Crippen LogP contribution in [0.5, 0.6) is 0 Å². The van der Waals surface area contributed by atoms with Crippen molar-refractivity contribution in [2.45, 2.75) is 63.6 Å². The lowest BCUT2D eigenvalue weighted by atomic mass is 9.98. The van der Waals surface area contributed by atoms with Gasteiger partial charge in [0.15, 0.2) is 0 Å². The van der Waals surface area contributed by atoms with Crippen molar-refractivity contribution in [3.05, 3.63) is 33.8 Å². The van der Waals surface area contributed by atoms with Crippen LogP contribution < -0.4 is 5.32 Å². The third-order valence-corrected chi connectivity index (χ3v) is 6.13. The number of rotatable bonds is 4. The zero-order valence-electron chi connectivity index (χ0n) is 13.8. The molecule has 2 unspecified atom stereocenters. The Labute approximate surface area is 153 Å². The summed E-state index contributed by atoms with van der Waals surface area (Å²) in [7, 11) is 1.99. The summed E-state index contributed by atoms with van der Waals surface area (Å²) in [5.74, 6) is 0.284. The Hall–Kier alpha value is -0.580. The standard InChI is InChI=1S/C18H25BrN2O.ClH/c1-12-9-13(3-7-17(12)19)4-8-18(22)21(2)16-10-14-5-6-15(11-16)20-14;/h3,7,9,14-16,20H,4-6,8,10-11H2,1-2H3;1H. The van der Waals surface area contributed by atoms with Gasteiger partial charge in [-0.25, -0.2) is 0 Å². The molecular weight excluding hydrogens is 376 g/mol. The van der Waals surface area contributed by atoms with Crippen molar-refractivity contribution in [2.75, 3.05) is 7.05 Å². The first-order chi connectivity index (χ1) is 10.5. The number of carbonyl (C=O) groups is 1. The van der Waals surface area contributed by atoms with E-state index in [4.69, 9.17) is 0 Å². The molecule has 0 aliphatic carbocycles. The third-order valence-electron chi connectivity index (χ3n) is 5.24. The molecule has 0 saturated carbocycles. The summed E-state index contributed by atoms with van der Waals surface area (Å²) < 4.78 is 1.13. The lowest BCUT2D eigenvalue weighted by Gasteiger charge is -2.35. The first kappa shape index (κ1) is 18.8. The highest BCUT2D eigenvalue weighted by Crippen LogP contribution is 2.29. The zero-order chi connectivity index (χ0) is 15.7. The molecule has 2 fully saturated rings. The minimum absolute atomic E-state index is 0. The van der Waals surface area contributed by atoms with E-state index in [-0.39, 0.29) is 18.3 Å². The quantitative estimate of drug-likeness (QED) is 0.831. The molecule has 2 aliphatic rings. The molecule has 1 aromatic carbocycles. The molecule has 23 heavy (non-hydrogen) atoms. The number of fused-ring (bicyclic) bond motifs is 2. The predicted molar refractivity (Wildman–Crippen MR) is 100 cm³/mol. The van der Waals surface area contributed by atoms with Gasteiger partial charge < -0.3 is 10.2 Å². The van der Waals surface area contributed by atoms with Crippen molar-refractivity contribution in [2.24, 2.45) is 0 Å². The monoisotopic (exact) mass is 400 g/mol. The molecule has 5 heteroatoms. The molecule has 3 nitrogen and oxygen atoms in total. The van der Waals surface area contributed by atoms with E-state index in [2.05, 4.69) is 46.4 Å². The summed E-state index contributed by atoms with van der Waals surface area (Å²) in [6, 6.07) is 8.04. The Morgan fingerprint density at radius 2 is 1.96 bits per heavy atom. The van der Waals surface area contributed by atoms with Crippen LogP contribution in [0.3, 0.4) is 0 Å².